The number of rotatable bonds is 9. The Morgan fingerprint density at radius 3 is 2.39 bits per heavy atom. The summed E-state index contributed by atoms with van der Waals surface area (Å²) in [5, 5.41) is 1.47. The predicted molar refractivity (Wildman–Crippen MR) is 76.6 cm³/mol. The van der Waals surface area contributed by atoms with E-state index >= 15 is 0 Å². The third-order valence-electron chi connectivity index (χ3n) is 2.36. The van der Waals surface area contributed by atoms with Gasteiger partial charge < -0.3 is 14.2 Å². The van der Waals surface area contributed by atoms with Gasteiger partial charge in [-0.2, -0.15) is 0 Å². The molecule has 1 aromatic carbocycles. The number of alkyl halides is 1. The molecule has 102 valence electrons. The van der Waals surface area contributed by atoms with Crippen LogP contribution < -0.4 is 0 Å². The van der Waals surface area contributed by atoms with E-state index < -0.39 is 0 Å². The molecule has 0 fully saturated rings. The minimum Gasteiger partial charge on any atom is -0.382 e. The van der Waals surface area contributed by atoms with Crippen molar-refractivity contribution in [3.8, 4) is 0 Å². The average Bonchev–Trinajstić information content (AvgIpc) is 2.39. The summed E-state index contributed by atoms with van der Waals surface area (Å²) in [4.78, 5) is 0. The van der Waals surface area contributed by atoms with Crippen LogP contribution in [0.2, 0.25) is 5.02 Å². The summed E-state index contributed by atoms with van der Waals surface area (Å²) in [5.41, 5.74) is 1.10. The number of ether oxygens (including phenoxy) is 3. The van der Waals surface area contributed by atoms with E-state index in [0.717, 1.165) is 15.9 Å². The van der Waals surface area contributed by atoms with E-state index in [-0.39, 0.29) is 6.10 Å². The van der Waals surface area contributed by atoms with E-state index in [1.807, 2.05) is 24.3 Å². The second kappa shape index (κ2) is 9.75. The quantitative estimate of drug-likeness (QED) is 0.510. The lowest BCUT2D eigenvalue weighted by atomic mass is 10.1. The number of hydrogen-bond acceptors (Lipinski definition) is 3. The maximum Gasteiger partial charge on any atom is 0.0922 e. The van der Waals surface area contributed by atoms with Crippen molar-refractivity contribution in [3.63, 3.8) is 0 Å². The van der Waals surface area contributed by atoms with Gasteiger partial charge in [0.05, 0.1) is 32.5 Å². The van der Waals surface area contributed by atoms with Gasteiger partial charge in [-0.3, -0.25) is 0 Å². The molecular formula is C13H18BrClO3. The Labute approximate surface area is 121 Å². The van der Waals surface area contributed by atoms with Crippen LogP contribution in [0.15, 0.2) is 24.3 Å². The number of benzene rings is 1. The van der Waals surface area contributed by atoms with Gasteiger partial charge in [0.15, 0.2) is 0 Å². The molecule has 1 aromatic rings. The van der Waals surface area contributed by atoms with Gasteiger partial charge in [0.1, 0.15) is 0 Å². The fourth-order valence-corrected chi connectivity index (χ4v) is 2.09. The monoisotopic (exact) mass is 336 g/mol. The van der Waals surface area contributed by atoms with Crippen LogP contribution in [0.4, 0.5) is 0 Å². The van der Waals surface area contributed by atoms with E-state index in [1.54, 1.807) is 7.11 Å². The van der Waals surface area contributed by atoms with Gasteiger partial charge in [0.2, 0.25) is 0 Å². The summed E-state index contributed by atoms with van der Waals surface area (Å²) in [6, 6.07) is 7.68. The summed E-state index contributed by atoms with van der Waals surface area (Å²) < 4.78 is 16.0. The van der Waals surface area contributed by atoms with Crippen LogP contribution in [0.25, 0.3) is 0 Å². The molecule has 18 heavy (non-hydrogen) atoms. The lowest BCUT2D eigenvalue weighted by molar-refractivity contribution is 0.000728. The van der Waals surface area contributed by atoms with Gasteiger partial charge in [-0.1, -0.05) is 39.7 Å². The van der Waals surface area contributed by atoms with Crippen molar-refractivity contribution in [2.24, 2.45) is 0 Å². The number of methoxy groups -OCH3 is 1. The molecule has 0 radical (unpaired) electrons. The molecule has 0 aromatic heterocycles. The first-order valence-electron chi connectivity index (χ1n) is 5.77. The molecule has 0 aliphatic heterocycles. The molecule has 5 heteroatoms. The van der Waals surface area contributed by atoms with E-state index in [1.165, 1.54) is 0 Å². The molecule has 1 unspecified atom stereocenters. The van der Waals surface area contributed by atoms with Crippen molar-refractivity contribution >= 4 is 27.5 Å². The minimum absolute atomic E-state index is 0.0216. The first-order valence-corrected chi connectivity index (χ1v) is 7.27. The number of hydrogen-bond donors (Lipinski definition) is 0. The largest absolute Gasteiger partial charge is 0.382 e. The summed E-state index contributed by atoms with van der Waals surface area (Å²) in [6.07, 6.45) is 0.0216. The maximum atomic E-state index is 5.85. The van der Waals surface area contributed by atoms with Gasteiger partial charge in [0, 0.05) is 17.5 Å². The molecule has 0 saturated heterocycles. The lowest BCUT2D eigenvalue weighted by Gasteiger charge is -2.16. The highest BCUT2D eigenvalue weighted by atomic mass is 79.9. The molecule has 0 spiro atoms. The molecule has 0 N–H and O–H groups in total. The lowest BCUT2D eigenvalue weighted by Crippen LogP contribution is -2.12. The molecule has 1 atom stereocenters. The molecule has 1 rings (SSSR count). The highest BCUT2D eigenvalue weighted by molar-refractivity contribution is 9.09. The van der Waals surface area contributed by atoms with E-state index in [9.17, 15) is 0 Å². The van der Waals surface area contributed by atoms with Crippen molar-refractivity contribution in [1.29, 1.82) is 0 Å². The Bertz CT molecular complexity index is 319. The Balaban J connectivity index is 2.27. The summed E-state index contributed by atoms with van der Waals surface area (Å²) in [5.74, 6) is 0. The molecule has 0 aliphatic carbocycles. The van der Waals surface area contributed by atoms with Crippen LogP contribution in [0.5, 0.6) is 0 Å². The van der Waals surface area contributed by atoms with Crippen molar-refractivity contribution < 1.29 is 14.2 Å². The SMILES string of the molecule is COCCOCCOC(CBr)c1ccc(Cl)cc1. The van der Waals surface area contributed by atoms with Crippen LogP contribution >= 0.6 is 27.5 Å². The zero-order valence-corrected chi connectivity index (χ0v) is 12.7. The first-order chi connectivity index (χ1) is 8.77. The summed E-state index contributed by atoms with van der Waals surface area (Å²) in [6.45, 7) is 2.34. The fraction of sp³-hybridized carbons (Fsp3) is 0.538. The average molecular weight is 338 g/mol. The molecule has 0 aliphatic rings. The van der Waals surface area contributed by atoms with Crippen molar-refractivity contribution in [1.82, 2.24) is 0 Å². The molecule has 0 heterocycles. The van der Waals surface area contributed by atoms with E-state index in [0.29, 0.717) is 26.4 Å². The Kier molecular flexibility index (Phi) is 8.63. The number of halogens is 2. The van der Waals surface area contributed by atoms with Gasteiger partial charge in [-0.25, -0.2) is 0 Å². The van der Waals surface area contributed by atoms with Gasteiger partial charge in [-0.15, -0.1) is 0 Å². The minimum atomic E-state index is 0.0216. The topological polar surface area (TPSA) is 27.7 Å². The first kappa shape index (κ1) is 15.9. The van der Waals surface area contributed by atoms with E-state index in [4.69, 9.17) is 25.8 Å². The smallest absolute Gasteiger partial charge is 0.0922 e. The second-order valence-electron chi connectivity index (χ2n) is 3.67. The third kappa shape index (κ3) is 6.16. The molecule has 3 nitrogen and oxygen atoms in total. The maximum absolute atomic E-state index is 5.85. The van der Waals surface area contributed by atoms with Crippen LogP contribution in [-0.2, 0) is 14.2 Å². The Hall–Kier alpha value is -0.130. The Morgan fingerprint density at radius 2 is 1.78 bits per heavy atom. The Morgan fingerprint density at radius 1 is 1.11 bits per heavy atom. The zero-order valence-electron chi connectivity index (χ0n) is 10.4. The van der Waals surface area contributed by atoms with Crippen molar-refractivity contribution in [2.75, 3.05) is 38.9 Å². The van der Waals surface area contributed by atoms with Gasteiger partial charge in [-0.05, 0) is 17.7 Å². The summed E-state index contributed by atoms with van der Waals surface area (Å²) >= 11 is 9.30. The summed E-state index contributed by atoms with van der Waals surface area (Å²) in [7, 11) is 1.65. The molecule has 0 saturated carbocycles. The van der Waals surface area contributed by atoms with Crippen molar-refractivity contribution in [2.45, 2.75) is 6.10 Å². The standard InChI is InChI=1S/C13H18BrClO3/c1-16-6-7-17-8-9-18-13(10-14)11-2-4-12(15)5-3-11/h2-5,13H,6-10H2,1H3. The highest BCUT2D eigenvalue weighted by Gasteiger charge is 2.10. The normalized spacial score (nSPS) is 12.6. The van der Waals surface area contributed by atoms with Gasteiger partial charge in [0.25, 0.3) is 0 Å². The molecular weight excluding hydrogens is 319 g/mol. The fourth-order valence-electron chi connectivity index (χ4n) is 1.40. The van der Waals surface area contributed by atoms with Crippen LogP contribution in [-0.4, -0.2) is 38.9 Å². The third-order valence-corrected chi connectivity index (χ3v) is 3.20. The van der Waals surface area contributed by atoms with Crippen LogP contribution in [0.3, 0.4) is 0 Å². The van der Waals surface area contributed by atoms with Crippen LogP contribution in [0, 0.1) is 0 Å². The van der Waals surface area contributed by atoms with Crippen LogP contribution in [0.1, 0.15) is 11.7 Å². The second-order valence-corrected chi connectivity index (χ2v) is 4.75. The van der Waals surface area contributed by atoms with Crippen molar-refractivity contribution in [3.05, 3.63) is 34.9 Å². The zero-order chi connectivity index (χ0) is 13.2. The molecule has 0 amide bonds. The molecule has 0 bridgehead atoms. The predicted octanol–water partition coefficient (Wildman–Crippen LogP) is 3.46. The van der Waals surface area contributed by atoms with Gasteiger partial charge >= 0.3 is 0 Å². The highest BCUT2D eigenvalue weighted by Crippen LogP contribution is 2.21. The van der Waals surface area contributed by atoms with E-state index in [2.05, 4.69) is 15.9 Å².